The molecule has 1 aliphatic rings. The number of carboxylic acids is 1. The van der Waals surface area contributed by atoms with Gasteiger partial charge in [0.25, 0.3) is 5.69 Å². The van der Waals surface area contributed by atoms with Crippen molar-refractivity contribution in [3.63, 3.8) is 0 Å². The molecular weight excluding hydrogens is 484 g/mol. The van der Waals surface area contributed by atoms with Gasteiger partial charge in [0.15, 0.2) is 5.78 Å². The number of carbonyl (C=O) groups is 3. The first kappa shape index (κ1) is 27.1. The predicted octanol–water partition coefficient (Wildman–Crippen LogP) is 2.90. The molecule has 1 heterocycles. The zero-order valence-electron chi connectivity index (χ0n) is 20.6. The molecule has 1 aliphatic heterocycles. The Kier molecular flexibility index (Phi) is 8.80. The molecule has 0 spiro atoms. The number of ether oxygens (including phenoxy) is 2. The molecular formula is C25H28N4O8. The number of allylic oxidation sites excluding steroid dienone is 1. The van der Waals surface area contributed by atoms with E-state index < -0.39 is 23.0 Å². The predicted molar refractivity (Wildman–Crippen MR) is 133 cm³/mol. The van der Waals surface area contributed by atoms with Crippen LogP contribution in [0.1, 0.15) is 35.3 Å². The van der Waals surface area contributed by atoms with Crippen molar-refractivity contribution in [2.24, 2.45) is 0 Å². The molecule has 12 heteroatoms. The number of carboxylic acid groups (broad SMARTS) is 1. The van der Waals surface area contributed by atoms with Gasteiger partial charge in [-0.05, 0) is 37.6 Å². The first-order valence-electron chi connectivity index (χ1n) is 11.4. The van der Waals surface area contributed by atoms with Crippen molar-refractivity contribution in [1.82, 2.24) is 15.5 Å². The highest BCUT2D eigenvalue weighted by molar-refractivity contribution is 5.98. The summed E-state index contributed by atoms with van der Waals surface area (Å²) in [6.07, 6.45) is 0.388. The Morgan fingerprint density at radius 1 is 1.16 bits per heavy atom. The number of nitro groups is 1. The molecule has 0 bridgehead atoms. The number of hydrogen-bond donors (Lipinski definition) is 3. The Labute approximate surface area is 213 Å². The smallest absolute Gasteiger partial charge is 0.335 e. The number of non-ortho nitro benzene ring substituents is 1. The second-order valence-corrected chi connectivity index (χ2v) is 8.28. The Hall–Kier alpha value is -4.45. The largest absolute Gasteiger partial charge is 0.497 e. The lowest BCUT2D eigenvalue weighted by atomic mass is 9.93. The number of Topliss-reactive ketones (excluding diaryl/α,β-unsaturated/α-hetero) is 1. The van der Waals surface area contributed by atoms with Crippen LogP contribution in [-0.4, -0.2) is 66.6 Å². The standard InChI is InChI=1S/C25H28N4O8/c1-15-22(24(31)32)23(16-6-4-7-18(10-16)29(34)35)28(25(33)27-15)9-5-8-26-14-21(30)17-11-19(36-2)13-20(12-17)37-3/h4,6-7,10-13,23,26H,5,8-9,14H2,1-3H3,(H,27,33)(H,31,32). The highest BCUT2D eigenvalue weighted by atomic mass is 16.6. The summed E-state index contributed by atoms with van der Waals surface area (Å²) in [6.45, 7) is 1.99. The van der Waals surface area contributed by atoms with E-state index in [0.29, 0.717) is 35.6 Å². The van der Waals surface area contributed by atoms with Crippen LogP contribution < -0.4 is 20.1 Å². The number of benzene rings is 2. The van der Waals surface area contributed by atoms with E-state index >= 15 is 0 Å². The SMILES string of the molecule is COc1cc(OC)cc(C(=O)CNCCCN2C(=O)NC(C)=C(C(=O)O)C2c2cccc([N+](=O)[O-])c2)c1. The Balaban J connectivity index is 1.70. The zero-order chi connectivity index (χ0) is 27.1. The summed E-state index contributed by atoms with van der Waals surface area (Å²) in [5, 5.41) is 26.7. The summed E-state index contributed by atoms with van der Waals surface area (Å²) in [7, 11) is 2.98. The number of aliphatic carboxylic acids is 1. The van der Waals surface area contributed by atoms with Crippen LogP contribution in [0.3, 0.4) is 0 Å². The number of ketones is 1. The van der Waals surface area contributed by atoms with Gasteiger partial charge in [0, 0.05) is 36.0 Å². The number of nitro benzene ring substituents is 1. The summed E-state index contributed by atoms with van der Waals surface area (Å²) in [5.41, 5.74) is 0.616. The van der Waals surface area contributed by atoms with E-state index in [1.54, 1.807) is 24.3 Å². The fourth-order valence-electron chi connectivity index (χ4n) is 4.09. The molecule has 3 N–H and O–H groups in total. The van der Waals surface area contributed by atoms with E-state index in [2.05, 4.69) is 10.6 Å². The normalized spacial score (nSPS) is 15.3. The van der Waals surface area contributed by atoms with E-state index in [1.165, 1.54) is 44.2 Å². The number of hydrogen-bond acceptors (Lipinski definition) is 8. The topological polar surface area (TPSA) is 160 Å². The maximum atomic E-state index is 12.8. The van der Waals surface area contributed by atoms with E-state index in [1.807, 2.05) is 0 Å². The van der Waals surface area contributed by atoms with Gasteiger partial charge in [0.1, 0.15) is 11.5 Å². The van der Waals surface area contributed by atoms with Gasteiger partial charge >= 0.3 is 12.0 Å². The molecule has 1 atom stereocenters. The lowest BCUT2D eigenvalue weighted by molar-refractivity contribution is -0.384. The lowest BCUT2D eigenvalue weighted by Crippen LogP contribution is -2.49. The fourth-order valence-corrected chi connectivity index (χ4v) is 4.09. The van der Waals surface area contributed by atoms with Crippen molar-refractivity contribution < 1.29 is 33.9 Å². The number of nitrogens with one attached hydrogen (secondary N) is 2. The monoisotopic (exact) mass is 512 g/mol. The summed E-state index contributed by atoms with van der Waals surface area (Å²) in [4.78, 5) is 49.5. The number of carbonyl (C=O) groups excluding carboxylic acids is 2. The van der Waals surface area contributed by atoms with E-state index in [9.17, 15) is 29.6 Å². The van der Waals surface area contributed by atoms with Gasteiger partial charge in [0.05, 0.1) is 37.3 Å². The minimum atomic E-state index is -1.24. The van der Waals surface area contributed by atoms with Gasteiger partial charge in [-0.25, -0.2) is 9.59 Å². The minimum Gasteiger partial charge on any atom is -0.497 e. The molecule has 0 aliphatic carbocycles. The Morgan fingerprint density at radius 2 is 1.84 bits per heavy atom. The van der Waals surface area contributed by atoms with Crippen molar-refractivity contribution >= 4 is 23.5 Å². The summed E-state index contributed by atoms with van der Waals surface area (Å²) in [6, 6.07) is 8.92. The first-order chi connectivity index (χ1) is 17.7. The third kappa shape index (κ3) is 6.41. The zero-order valence-corrected chi connectivity index (χ0v) is 20.6. The number of nitrogens with zero attached hydrogens (tertiary/aromatic N) is 2. The second-order valence-electron chi connectivity index (χ2n) is 8.28. The van der Waals surface area contributed by atoms with E-state index in [-0.39, 0.29) is 35.8 Å². The van der Waals surface area contributed by atoms with Crippen molar-refractivity contribution in [2.75, 3.05) is 33.9 Å². The van der Waals surface area contributed by atoms with Gasteiger partial charge < -0.3 is 30.1 Å². The van der Waals surface area contributed by atoms with Crippen LogP contribution in [0.15, 0.2) is 53.7 Å². The lowest BCUT2D eigenvalue weighted by Gasteiger charge is -2.37. The van der Waals surface area contributed by atoms with Crippen molar-refractivity contribution in [3.8, 4) is 11.5 Å². The van der Waals surface area contributed by atoms with Crippen molar-refractivity contribution in [2.45, 2.75) is 19.4 Å². The number of amides is 2. The molecule has 3 rings (SSSR count). The molecule has 0 saturated heterocycles. The summed E-state index contributed by atoms with van der Waals surface area (Å²) < 4.78 is 10.4. The average molecular weight is 513 g/mol. The highest BCUT2D eigenvalue weighted by Gasteiger charge is 2.38. The first-order valence-corrected chi connectivity index (χ1v) is 11.4. The highest BCUT2D eigenvalue weighted by Crippen LogP contribution is 2.35. The molecule has 2 amide bonds. The average Bonchev–Trinajstić information content (AvgIpc) is 2.88. The second kappa shape index (κ2) is 12.0. The Morgan fingerprint density at radius 3 is 2.43 bits per heavy atom. The molecule has 12 nitrogen and oxygen atoms in total. The molecule has 0 fully saturated rings. The van der Waals surface area contributed by atoms with Gasteiger partial charge in [-0.15, -0.1) is 0 Å². The molecule has 0 radical (unpaired) electrons. The molecule has 196 valence electrons. The van der Waals surface area contributed by atoms with Crippen LogP contribution in [0, 0.1) is 10.1 Å². The van der Waals surface area contributed by atoms with Crippen LogP contribution in [0.2, 0.25) is 0 Å². The van der Waals surface area contributed by atoms with Crippen molar-refractivity contribution in [1.29, 1.82) is 0 Å². The summed E-state index contributed by atoms with van der Waals surface area (Å²) in [5.74, 6) is -0.447. The third-order valence-corrected chi connectivity index (χ3v) is 5.88. The van der Waals surface area contributed by atoms with Gasteiger partial charge in [-0.3, -0.25) is 14.9 Å². The third-order valence-electron chi connectivity index (χ3n) is 5.88. The molecule has 37 heavy (non-hydrogen) atoms. The fraction of sp³-hybridized carbons (Fsp3) is 0.320. The number of methoxy groups -OCH3 is 2. The van der Waals surface area contributed by atoms with Gasteiger partial charge in [-0.1, -0.05) is 12.1 Å². The molecule has 0 saturated carbocycles. The van der Waals surface area contributed by atoms with Crippen LogP contribution in [0.25, 0.3) is 0 Å². The number of rotatable bonds is 12. The Bertz CT molecular complexity index is 1220. The quantitative estimate of drug-likeness (QED) is 0.168. The molecule has 2 aromatic carbocycles. The maximum Gasteiger partial charge on any atom is 0.335 e. The number of urea groups is 1. The van der Waals surface area contributed by atoms with Crippen LogP contribution in [0.4, 0.5) is 10.5 Å². The molecule has 2 aromatic rings. The van der Waals surface area contributed by atoms with E-state index in [4.69, 9.17) is 9.47 Å². The molecule has 0 aromatic heterocycles. The van der Waals surface area contributed by atoms with E-state index in [0.717, 1.165) is 0 Å². The van der Waals surface area contributed by atoms with Crippen LogP contribution in [0.5, 0.6) is 11.5 Å². The summed E-state index contributed by atoms with van der Waals surface area (Å²) >= 11 is 0. The van der Waals surface area contributed by atoms with Gasteiger partial charge in [-0.2, -0.15) is 0 Å². The van der Waals surface area contributed by atoms with Crippen LogP contribution >= 0.6 is 0 Å². The molecule has 1 unspecified atom stereocenters. The van der Waals surface area contributed by atoms with Crippen LogP contribution in [-0.2, 0) is 4.79 Å². The maximum absolute atomic E-state index is 12.8. The van der Waals surface area contributed by atoms with Gasteiger partial charge in [0.2, 0.25) is 0 Å². The minimum absolute atomic E-state index is 0.0240. The van der Waals surface area contributed by atoms with Crippen molar-refractivity contribution in [3.05, 3.63) is 75.0 Å².